The smallest absolute Gasteiger partial charge is 0.223 e. The second-order valence-corrected chi connectivity index (χ2v) is 1.53. The first-order valence-electron chi connectivity index (χ1n) is 2.79. The van der Waals surface area contributed by atoms with Crippen molar-refractivity contribution in [3.05, 3.63) is 6.29 Å². The molecule has 0 heterocycles. The Morgan fingerprint density at radius 1 is 1.25 bits per heavy atom. The van der Waals surface area contributed by atoms with E-state index in [9.17, 15) is 0 Å². The number of ether oxygens (including phenoxy) is 2. The normalized spacial score (nSPS) is 10.5. The minimum absolute atomic E-state index is 0.715. The molecule has 0 fully saturated rings. The molecule has 0 atom stereocenters. The zero-order chi connectivity index (χ0) is 6.41. The molecule has 0 rings (SSSR count). The maximum absolute atomic E-state index is 4.83. The van der Waals surface area contributed by atoms with Crippen LogP contribution in [0.1, 0.15) is 19.8 Å². The van der Waals surface area contributed by atoms with Gasteiger partial charge in [0.15, 0.2) is 0 Å². The van der Waals surface area contributed by atoms with Gasteiger partial charge in [0.1, 0.15) is 0 Å². The van der Waals surface area contributed by atoms with Gasteiger partial charge in [0.25, 0.3) is 0 Å². The van der Waals surface area contributed by atoms with Crippen molar-refractivity contribution in [1.82, 2.24) is 0 Å². The first-order chi connectivity index (χ1) is 3.85. The molecule has 0 saturated heterocycles. The molecule has 0 N–H and O–H groups in total. The van der Waals surface area contributed by atoms with Crippen LogP contribution in [0.15, 0.2) is 0 Å². The molecule has 0 aliphatic rings. The van der Waals surface area contributed by atoms with Crippen molar-refractivity contribution in [2.45, 2.75) is 19.8 Å². The second kappa shape index (κ2) is 5.06. The highest BCUT2D eigenvalue weighted by Crippen LogP contribution is 2.08. The fraction of sp³-hybridized carbons (Fsp3) is 0.833. The van der Waals surface area contributed by atoms with E-state index in [0.717, 1.165) is 12.8 Å². The summed E-state index contributed by atoms with van der Waals surface area (Å²) in [6, 6.07) is 0. The molecular formula is C6H13O2. The van der Waals surface area contributed by atoms with Gasteiger partial charge in [0.05, 0.1) is 0 Å². The van der Waals surface area contributed by atoms with Gasteiger partial charge in [0, 0.05) is 20.6 Å². The van der Waals surface area contributed by atoms with Crippen molar-refractivity contribution in [3.8, 4) is 0 Å². The fourth-order valence-corrected chi connectivity index (χ4v) is 0.492. The topological polar surface area (TPSA) is 18.5 Å². The lowest BCUT2D eigenvalue weighted by atomic mass is 10.3. The van der Waals surface area contributed by atoms with Gasteiger partial charge in [-0.15, -0.1) is 0 Å². The van der Waals surface area contributed by atoms with Gasteiger partial charge in [-0.1, -0.05) is 13.3 Å². The molecule has 0 unspecified atom stereocenters. The minimum atomic E-state index is 0.715. The number of rotatable bonds is 4. The molecule has 8 heavy (non-hydrogen) atoms. The summed E-state index contributed by atoms with van der Waals surface area (Å²) in [6.45, 7) is 2.08. The third-order valence-electron chi connectivity index (χ3n) is 0.909. The third kappa shape index (κ3) is 2.99. The Balaban J connectivity index is 3.07. The van der Waals surface area contributed by atoms with E-state index in [1.807, 2.05) is 0 Å². The molecule has 0 saturated carbocycles. The van der Waals surface area contributed by atoms with Gasteiger partial charge >= 0.3 is 0 Å². The van der Waals surface area contributed by atoms with Crippen LogP contribution in [0, 0.1) is 6.29 Å². The highest BCUT2D eigenvalue weighted by molar-refractivity contribution is 4.60. The zero-order valence-electron chi connectivity index (χ0n) is 5.73. The minimum Gasteiger partial charge on any atom is -0.349 e. The van der Waals surface area contributed by atoms with E-state index >= 15 is 0 Å². The average molecular weight is 117 g/mol. The SMILES string of the molecule is CCC[C](OC)OC. The molecule has 0 aromatic rings. The standard InChI is InChI=1S/C6H13O2/c1-4-5-6(7-2)8-3/h4-5H2,1-3H3. The molecule has 0 spiro atoms. The van der Waals surface area contributed by atoms with E-state index < -0.39 is 0 Å². The summed E-state index contributed by atoms with van der Waals surface area (Å²) in [5, 5.41) is 0. The van der Waals surface area contributed by atoms with Crippen LogP contribution in [-0.4, -0.2) is 14.2 Å². The molecule has 0 aliphatic heterocycles. The highest BCUT2D eigenvalue weighted by atomic mass is 16.7. The van der Waals surface area contributed by atoms with Crippen molar-refractivity contribution in [1.29, 1.82) is 0 Å². The number of hydrogen-bond acceptors (Lipinski definition) is 2. The highest BCUT2D eigenvalue weighted by Gasteiger charge is 2.02. The summed E-state index contributed by atoms with van der Waals surface area (Å²) >= 11 is 0. The summed E-state index contributed by atoms with van der Waals surface area (Å²) in [7, 11) is 3.24. The molecule has 49 valence electrons. The Labute approximate surface area is 50.8 Å². The largest absolute Gasteiger partial charge is 0.349 e. The molecule has 2 nitrogen and oxygen atoms in total. The van der Waals surface area contributed by atoms with E-state index in [0.29, 0.717) is 6.29 Å². The summed E-state index contributed by atoms with van der Waals surface area (Å²) in [5.41, 5.74) is 0. The van der Waals surface area contributed by atoms with Gasteiger partial charge in [-0.25, -0.2) is 0 Å². The Hall–Kier alpha value is -0.0800. The summed E-state index contributed by atoms with van der Waals surface area (Å²) < 4.78 is 9.67. The number of methoxy groups -OCH3 is 2. The predicted molar refractivity (Wildman–Crippen MR) is 32.2 cm³/mol. The van der Waals surface area contributed by atoms with Crippen molar-refractivity contribution < 1.29 is 9.47 Å². The van der Waals surface area contributed by atoms with Crippen LogP contribution >= 0.6 is 0 Å². The maximum Gasteiger partial charge on any atom is 0.223 e. The van der Waals surface area contributed by atoms with Crippen LogP contribution in [0.25, 0.3) is 0 Å². The number of hydrogen-bond donors (Lipinski definition) is 0. The van der Waals surface area contributed by atoms with E-state index in [1.54, 1.807) is 14.2 Å². The van der Waals surface area contributed by atoms with E-state index in [4.69, 9.17) is 9.47 Å². The van der Waals surface area contributed by atoms with Gasteiger partial charge < -0.3 is 9.47 Å². The zero-order valence-corrected chi connectivity index (χ0v) is 5.73. The first kappa shape index (κ1) is 7.92. The van der Waals surface area contributed by atoms with Crippen LogP contribution in [0.4, 0.5) is 0 Å². The van der Waals surface area contributed by atoms with Gasteiger partial charge in [-0.05, 0) is 0 Å². The molecule has 0 bridgehead atoms. The average Bonchev–Trinajstić information content (AvgIpc) is 1.83. The van der Waals surface area contributed by atoms with Gasteiger partial charge in [-0.3, -0.25) is 0 Å². The fourth-order valence-electron chi connectivity index (χ4n) is 0.492. The van der Waals surface area contributed by atoms with Crippen molar-refractivity contribution in [3.63, 3.8) is 0 Å². The van der Waals surface area contributed by atoms with Crippen molar-refractivity contribution in [2.75, 3.05) is 14.2 Å². The van der Waals surface area contributed by atoms with E-state index in [1.165, 1.54) is 0 Å². The summed E-state index contributed by atoms with van der Waals surface area (Å²) in [4.78, 5) is 0. The molecular weight excluding hydrogens is 104 g/mol. The molecule has 0 amide bonds. The Kier molecular flexibility index (Phi) is 5.01. The molecule has 0 aromatic carbocycles. The third-order valence-corrected chi connectivity index (χ3v) is 0.909. The van der Waals surface area contributed by atoms with Crippen LogP contribution < -0.4 is 0 Å². The van der Waals surface area contributed by atoms with Gasteiger partial charge in [-0.2, -0.15) is 0 Å². The molecule has 1 radical (unpaired) electrons. The monoisotopic (exact) mass is 117 g/mol. The first-order valence-corrected chi connectivity index (χ1v) is 2.79. The molecule has 0 aliphatic carbocycles. The summed E-state index contributed by atoms with van der Waals surface area (Å²) in [6.07, 6.45) is 2.68. The van der Waals surface area contributed by atoms with Crippen LogP contribution in [0.3, 0.4) is 0 Å². The molecule has 0 aromatic heterocycles. The van der Waals surface area contributed by atoms with Gasteiger partial charge in [0.2, 0.25) is 6.29 Å². The van der Waals surface area contributed by atoms with Crippen LogP contribution in [-0.2, 0) is 9.47 Å². The van der Waals surface area contributed by atoms with Crippen LogP contribution in [0.5, 0.6) is 0 Å². The predicted octanol–water partition coefficient (Wildman–Crippen LogP) is 1.57. The van der Waals surface area contributed by atoms with Crippen molar-refractivity contribution in [2.24, 2.45) is 0 Å². The Bertz CT molecular complexity index is 41.8. The van der Waals surface area contributed by atoms with Crippen molar-refractivity contribution >= 4 is 0 Å². The van der Waals surface area contributed by atoms with E-state index in [-0.39, 0.29) is 0 Å². The lowest BCUT2D eigenvalue weighted by Gasteiger charge is -2.07. The summed E-state index contributed by atoms with van der Waals surface area (Å²) in [5.74, 6) is 0. The molecule has 2 heteroatoms. The quantitative estimate of drug-likeness (QED) is 0.556. The van der Waals surface area contributed by atoms with E-state index in [2.05, 4.69) is 6.92 Å². The lowest BCUT2D eigenvalue weighted by molar-refractivity contribution is -0.00285. The maximum atomic E-state index is 4.83. The Morgan fingerprint density at radius 2 is 1.75 bits per heavy atom. The second-order valence-electron chi connectivity index (χ2n) is 1.53. The lowest BCUT2D eigenvalue weighted by Crippen LogP contribution is -2.01. The Morgan fingerprint density at radius 3 is 1.88 bits per heavy atom. The van der Waals surface area contributed by atoms with Crippen LogP contribution in [0.2, 0.25) is 0 Å².